The van der Waals surface area contributed by atoms with E-state index in [1.807, 2.05) is 6.92 Å². The standard InChI is InChI=1S/C14H21N3O4/c1-10(20-2)3-8-14(18)16-11-4-6-12(7-5-11)21-9-13(15)17-19/h4-7,10,19H,3,8-9H2,1-2H3,(H2,15,17)(H,16,18). The average Bonchev–Trinajstić information content (AvgIpc) is 2.51. The van der Waals surface area contributed by atoms with Crippen molar-refractivity contribution in [1.29, 1.82) is 0 Å². The number of methoxy groups -OCH3 is 1. The van der Waals surface area contributed by atoms with Gasteiger partial charge in [-0.25, -0.2) is 0 Å². The van der Waals surface area contributed by atoms with Gasteiger partial charge in [0.25, 0.3) is 0 Å². The van der Waals surface area contributed by atoms with Gasteiger partial charge in [-0.3, -0.25) is 4.79 Å². The van der Waals surface area contributed by atoms with Gasteiger partial charge in [-0.05, 0) is 37.6 Å². The zero-order chi connectivity index (χ0) is 15.7. The summed E-state index contributed by atoms with van der Waals surface area (Å²) in [4.78, 5) is 11.7. The molecule has 1 unspecified atom stereocenters. The largest absolute Gasteiger partial charge is 0.486 e. The van der Waals surface area contributed by atoms with Crippen LogP contribution < -0.4 is 15.8 Å². The van der Waals surface area contributed by atoms with Gasteiger partial charge < -0.3 is 25.7 Å². The number of hydrogen-bond acceptors (Lipinski definition) is 5. The molecule has 1 aromatic rings. The SMILES string of the molecule is COC(C)CCC(=O)Nc1ccc(OC/C(N)=N/O)cc1. The highest BCUT2D eigenvalue weighted by molar-refractivity contribution is 5.90. The molecule has 1 atom stereocenters. The fraction of sp³-hybridized carbons (Fsp3) is 0.429. The molecule has 0 aliphatic carbocycles. The molecule has 1 amide bonds. The van der Waals surface area contributed by atoms with Gasteiger partial charge in [-0.2, -0.15) is 0 Å². The van der Waals surface area contributed by atoms with Gasteiger partial charge in [0, 0.05) is 19.2 Å². The Morgan fingerprint density at radius 1 is 1.43 bits per heavy atom. The molecular formula is C14H21N3O4. The zero-order valence-corrected chi connectivity index (χ0v) is 12.2. The molecule has 4 N–H and O–H groups in total. The van der Waals surface area contributed by atoms with E-state index in [1.54, 1.807) is 31.4 Å². The van der Waals surface area contributed by atoms with E-state index in [2.05, 4.69) is 10.5 Å². The minimum absolute atomic E-state index is 0.00287. The fourth-order valence-corrected chi connectivity index (χ4v) is 1.50. The lowest BCUT2D eigenvalue weighted by atomic mass is 10.2. The molecule has 0 heterocycles. The molecule has 0 aliphatic heterocycles. The Labute approximate surface area is 123 Å². The van der Waals surface area contributed by atoms with E-state index in [-0.39, 0.29) is 24.5 Å². The summed E-state index contributed by atoms with van der Waals surface area (Å²) in [6.07, 6.45) is 1.13. The van der Waals surface area contributed by atoms with Crippen LogP contribution in [0.25, 0.3) is 0 Å². The summed E-state index contributed by atoms with van der Waals surface area (Å²) in [6.45, 7) is 1.91. The van der Waals surface area contributed by atoms with Gasteiger partial charge in [0.15, 0.2) is 5.84 Å². The van der Waals surface area contributed by atoms with E-state index >= 15 is 0 Å². The number of carbonyl (C=O) groups is 1. The van der Waals surface area contributed by atoms with Gasteiger partial charge in [0.2, 0.25) is 5.91 Å². The number of amides is 1. The normalized spacial score (nSPS) is 12.8. The summed E-state index contributed by atoms with van der Waals surface area (Å²) in [5.41, 5.74) is 5.98. The maximum atomic E-state index is 11.7. The van der Waals surface area contributed by atoms with Crippen molar-refractivity contribution >= 4 is 17.4 Å². The highest BCUT2D eigenvalue weighted by Gasteiger charge is 2.06. The summed E-state index contributed by atoms with van der Waals surface area (Å²) < 4.78 is 10.4. The third-order valence-corrected chi connectivity index (χ3v) is 2.83. The van der Waals surface area contributed by atoms with Gasteiger partial charge in [-0.1, -0.05) is 5.16 Å². The minimum Gasteiger partial charge on any atom is -0.486 e. The zero-order valence-electron chi connectivity index (χ0n) is 12.2. The third-order valence-electron chi connectivity index (χ3n) is 2.83. The first-order chi connectivity index (χ1) is 10.0. The molecule has 1 aromatic carbocycles. The molecule has 21 heavy (non-hydrogen) atoms. The first kappa shape index (κ1) is 16.8. The fourth-order valence-electron chi connectivity index (χ4n) is 1.50. The Hall–Kier alpha value is -2.28. The van der Waals surface area contributed by atoms with E-state index in [0.29, 0.717) is 24.3 Å². The van der Waals surface area contributed by atoms with Gasteiger partial charge in [-0.15, -0.1) is 0 Å². The molecule has 0 aliphatic rings. The summed E-state index contributed by atoms with van der Waals surface area (Å²) in [5, 5.41) is 14.0. The van der Waals surface area contributed by atoms with E-state index in [4.69, 9.17) is 20.4 Å². The van der Waals surface area contributed by atoms with Crippen molar-refractivity contribution in [3.05, 3.63) is 24.3 Å². The van der Waals surface area contributed by atoms with Crippen LogP contribution >= 0.6 is 0 Å². The summed E-state index contributed by atoms with van der Waals surface area (Å²) in [6, 6.07) is 6.83. The molecule has 7 heteroatoms. The topological polar surface area (TPSA) is 106 Å². The summed E-state index contributed by atoms with van der Waals surface area (Å²) in [5.74, 6) is 0.483. The number of amidine groups is 1. The van der Waals surface area contributed by atoms with E-state index in [0.717, 1.165) is 0 Å². The molecule has 7 nitrogen and oxygen atoms in total. The van der Waals surface area contributed by atoms with Crippen LogP contribution in [0.3, 0.4) is 0 Å². The molecule has 0 saturated heterocycles. The molecule has 0 bridgehead atoms. The Morgan fingerprint density at radius 2 is 2.10 bits per heavy atom. The van der Waals surface area contributed by atoms with Crippen LogP contribution in [-0.2, 0) is 9.53 Å². The van der Waals surface area contributed by atoms with Gasteiger partial charge in [0.1, 0.15) is 12.4 Å². The van der Waals surface area contributed by atoms with Crippen molar-refractivity contribution in [3.63, 3.8) is 0 Å². The molecule has 0 fully saturated rings. The number of rotatable bonds is 8. The third kappa shape index (κ3) is 6.62. The Bertz CT molecular complexity index is 474. The Balaban J connectivity index is 2.41. The van der Waals surface area contributed by atoms with Crippen molar-refractivity contribution in [1.82, 2.24) is 0 Å². The van der Waals surface area contributed by atoms with Crippen LogP contribution in [0.2, 0.25) is 0 Å². The van der Waals surface area contributed by atoms with Crippen molar-refractivity contribution < 1.29 is 19.5 Å². The Morgan fingerprint density at radius 3 is 2.67 bits per heavy atom. The first-order valence-corrected chi connectivity index (χ1v) is 6.57. The lowest BCUT2D eigenvalue weighted by Gasteiger charge is -2.10. The highest BCUT2D eigenvalue weighted by Crippen LogP contribution is 2.16. The maximum absolute atomic E-state index is 11.7. The molecule has 0 spiro atoms. The maximum Gasteiger partial charge on any atom is 0.224 e. The summed E-state index contributed by atoms with van der Waals surface area (Å²) in [7, 11) is 1.62. The van der Waals surface area contributed by atoms with Crippen LogP contribution in [0.5, 0.6) is 5.75 Å². The number of anilines is 1. The van der Waals surface area contributed by atoms with Gasteiger partial charge in [0.05, 0.1) is 6.10 Å². The summed E-state index contributed by atoms with van der Waals surface area (Å²) >= 11 is 0. The molecule has 0 radical (unpaired) electrons. The van der Waals surface area contributed by atoms with Crippen LogP contribution in [0, 0.1) is 0 Å². The second kappa shape index (κ2) is 8.80. The number of benzene rings is 1. The monoisotopic (exact) mass is 295 g/mol. The number of hydrogen-bond donors (Lipinski definition) is 3. The highest BCUT2D eigenvalue weighted by atomic mass is 16.5. The van der Waals surface area contributed by atoms with E-state index in [9.17, 15) is 4.79 Å². The Kier molecular flexibility index (Phi) is 7.03. The lowest BCUT2D eigenvalue weighted by Crippen LogP contribution is -2.20. The quantitative estimate of drug-likeness (QED) is 0.292. The second-order valence-corrected chi connectivity index (χ2v) is 4.54. The van der Waals surface area contributed by atoms with Crippen molar-refractivity contribution in [2.75, 3.05) is 19.0 Å². The number of ether oxygens (including phenoxy) is 2. The molecule has 0 aromatic heterocycles. The van der Waals surface area contributed by atoms with Crippen molar-refractivity contribution in [3.8, 4) is 5.75 Å². The van der Waals surface area contributed by atoms with Crippen LogP contribution in [0.4, 0.5) is 5.69 Å². The molecule has 0 saturated carbocycles. The smallest absolute Gasteiger partial charge is 0.224 e. The number of nitrogens with one attached hydrogen (secondary N) is 1. The predicted octanol–water partition coefficient (Wildman–Crippen LogP) is 1.57. The molecular weight excluding hydrogens is 274 g/mol. The minimum atomic E-state index is -0.0655. The van der Waals surface area contributed by atoms with Crippen LogP contribution in [0.1, 0.15) is 19.8 Å². The number of carbonyl (C=O) groups excluding carboxylic acids is 1. The van der Waals surface area contributed by atoms with Crippen molar-refractivity contribution in [2.45, 2.75) is 25.9 Å². The number of nitrogens with zero attached hydrogens (tertiary/aromatic N) is 1. The molecule has 116 valence electrons. The predicted molar refractivity (Wildman–Crippen MR) is 79.7 cm³/mol. The molecule has 1 rings (SSSR count). The second-order valence-electron chi connectivity index (χ2n) is 4.54. The van der Waals surface area contributed by atoms with E-state index < -0.39 is 0 Å². The van der Waals surface area contributed by atoms with Gasteiger partial charge >= 0.3 is 0 Å². The van der Waals surface area contributed by atoms with Crippen LogP contribution in [-0.4, -0.2) is 36.8 Å². The van der Waals surface area contributed by atoms with Crippen molar-refractivity contribution in [2.24, 2.45) is 10.9 Å². The van der Waals surface area contributed by atoms with E-state index in [1.165, 1.54) is 0 Å². The number of oxime groups is 1. The number of nitrogens with two attached hydrogens (primary N) is 1. The van der Waals surface area contributed by atoms with Crippen LogP contribution in [0.15, 0.2) is 29.4 Å². The lowest BCUT2D eigenvalue weighted by molar-refractivity contribution is -0.116. The average molecular weight is 295 g/mol. The first-order valence-electron chi connectivity index (χ1n) is 6.57.